The average Bonchev–Trinajstić information content (AvgIpc) is 2.64. The van der Waals surface area contributed by atoms with Crippen LogP contribution < -0.4 is 0 Å². The van der Waals surface area contributed by atoms with Crippen molar-refractivity contribution in [2.45, 2.75) is 45.8 Å². The normalized spacial score (nSPS) is 24.9. The van der Waals surface area contributed by atoms with Gasteiger partial charge in [-0.15, -0.1) is 0 Å². The summed E-state index contributed by atoms with van der Waals surface area (Å²) in [5, 5.41) is 0. The van der Waals surface area contributed by atoms with Crippen molar-refractivity contribution in [1.82, 2.24) is 4.90 Å². The van der Waals surface area contributed by atoms with E-state index in [1.165, 1.54) is 17.5 Å². The molecule has 3 atom stereocenters. The molecule has 2 aromatic carbocycles. The Bertz CT molecular complexity index is 663. The van der Waals surface area contributed by atoms with Crippen molar-refractivity contribution in [3.63, 3.8) is 0 Å². The third-order valence-electron chi connectivity index (χ3n) is 5.54. The first-order chi connectivity index (χ1) is 12.1. The van der Waals surface area contributed by atoms with Gasteiger partial charge in [-0.05, 0) is 42.9 Å². The summed E-state index contributed by atoms with van der Waals surface area (Å²) in [6, 6.07) is 22.1. The van der Waals surface area contributed by atoms with Crippen LogP contribution in [0.5, 0.6) is 0 Å². The number of piperidine rings is 1. The van der Waals surface area contributed by atoms with Crippen LogP contribution in [-0.4, -0.2) is 29.7 Å². The van der Waals surface area contributed by atoms with E-state index in [4.69, 9.17) is 4.99 Å². The standard InChI is InChI=1S/C23H30N2/c1-18(2)22-14-15-25(17-21-12-8-5-9-13-21)19(3)23(22)24-16-20-10-6-4-7-11-20/h4-13,16,18-19,22-23H,14-15,17H2,1-3H3/t19-,22+,23+/m0/s1. The molecule has 0 unspecified atom stereocenters. The molecule has 1 fully saturated rings. The maximum Gasteiger partial charge on any atom is 0.0683 e. The van der Waals surface area contributed by atoms with Gasteiger partial charge in [0.2, 0.25) is 0 Å². The molecule has 1 heterocycles. The lowest BCUT2D eigenvalue weighted by atomic mass is 9.79. The first kappa shape index (κ1) is 17.9. The fourth-order valence-electron chi connectivity index (χ4n) is 3.98. The molecule has 25 heavy (non-hydrogen) atoms. The Labute approximate surface area is 152 Å². The van der Waals surface area contributed by atoms with Gasteiger partial charge in [-0.3, -0.25) is 9.89 Å². The van der Waals surface area contributed by atoms with Gasteiger partial charge < -0.3 is 0 Å². The van der Waals surface area contributed by atoms with E-state index in [1.807, 2.05) is 0 Å². The van der Waals surface area contributed by atoms with Gasteiger partial charge in [0.1, 0.15) is 0 Å². The van der Waals surface area contributed by atoms with Gasteiger partial charge in [0.25, 0.3) is 0 Å². The van der Waals surface area contributed by atoms with Crippen LogP contribution in [0, 0.1) is 11.8 Å². The lowest BCUT2D eigenvalue weighted by Gasteiger charge is -2.44. The fourth-order valence-corrected chi connectivity index (χ4v) is 3.98. The summed E-state index contributed by atoms with van der Waals surface area (Å²) in [4.78, 5) is 7.66. The van der Waals surface area contributed by atoms with Crippen LogP contribution in [0.25, 0.3) is 0 Å². The van der Waals surface area contributed by atoms with E-state index < -0.39 is 0 Å². The Balaban J connectivity index is 1.77. The summed E-state index contributed by atoms with van der Waals surface area (Å²) in [7, 11) is 0. The van der Waals surface area contributed by atoms with Crippen LogP contribution in [0.4, 0.5) is 0 Å². The second-order valence-corrected chi connectivity index (χ2v) is 7.57. The Kier molecular flexibility index (Phi) is 6.04. The van der Waals surface area contributed by atoms with E-state index in [9.17, 15) is 0 Å². The van der Waals surface area contributed by atoms with Gasteiger partial charge in [0.15, 0.2) is 0 Å². The van der Waals surface area contributed by atoms with Crippen molar-refractivity contribution >= 4 is 6.21 Å². The van der Waals surface area contributed by atoms with E-state index in [0.29, 0.717) is 23.9 Å². The highest BCUT2D eigenvalue weighted by atomic mass is 15.2. The highest BCUT2D eigenvalue weighted by molar-refractivity contribution is 5.79. The Morgan fingerprint density at radius 1 is 1.04 bits per heavy atom. The number of benzene rings is 2. The second kappa shape index (κ2) is 8.44. The molecule has 0 amide bonds. The molecule has 3 rings (SSSR count). The number of nitrogens with zero attached hydrogens (tertiary/aromatic N) is 2. The quantitative estimate of drug-likeness (QED) is 0.699. The third kappa shape index (κ3) is 4.58. The maximum atomic E-state index is 5.06. The molecule has 0 aliphatic carbocycles. The minimum atomic E-state index is 0.359. The van der Waals surface area contributed by atoms with E-state index in [1.54, 1.807) is 0 Å². The van der Waals surface area contributed by atoms with Gasteiger partial charge in [0, 0.05) is 18.8 Å². The molecule has 1 aliphatic heterocycles. The molecule has 1 aliphatic rings. The van der Waals surface area contributed by atoms with E-state index >= 15 is 0 Å². The minimum absolute atomic E-state index is 0.359. The summed E-state index contributed by atoms with van der Waals surface area (Å²) >= 11 is 0. The predicted octanol–water partition coefficient (Wildman–Crippen LogP) is 5.04. The van der Waals surface area contributed by atoms with Crippen molar-refractivity contribution in [3.05, 3.63) is 71.8 Å². The van der Waals surface area contributed by atoms with Crippen molar-refractivity contribution in [2.24, 2.45) is 16.8 Å². The summed E-state index contributed by atoms with van der Waals surface area (Å²) in [5.74, 6) is 1.32. The Morgan fingerprint density at radius 3 is 2.32 bits per heavy atom. The lowest BCUT2D eigenvalue weighted by Crippen LogP contribution is -2.50. The molecule has 0 spiro atoms. The molecule has 0 saturated carbocycles. The monoisotopic (exact) mass is 334 g/mol. The van der Waals surface area contributed by atoms with Crippen LogP contribution in [0.15, 0.2) is 65.7 Å². The van der Waals surface area contributed by atoms with Gasteiger partial charge in [-0.2, -0.15) is 0 Å². The molecule has 1 saturated heterocycles. The van der Waals surface area contributed by atoms with Crippen LogP contribution in [0.1, 0.15) is 38.3 Å². The summed E-state index contributed by atoms with van der Waals surface area (Å²) in [5.41, 5.74) is 2.58. The summed E-state index contributed by atoms with van der Waals surface area (Å²) in [6.07, 6.45) is 3.30. The minimum Gasteiger partial charge on any atom is -0.294 e. The molecule has 2 heteroatoms. The van der Waals surface area contributed by atoms with Crippen molar-refractivity contribution < 1.29 is 0 Å². The van der Waals surface area contributed by atoms with Gasteiger partial charge in [-0.25, -0.2) is 0 Å². The number of hydrogen-bond donors (Lipinski definition) is 0. The van der Waals surface area contributed by atoms with Crippen LogP contribution in [0.3, 0.4) is 0 Å². The average molecular weight is 335 g/mol. The first-order valence-electron chi connectivity index (χ1n) is 9.51. The Hall–Kier alpha value is -1.93. The molecule has 0 radical (unpaired) electrons. The van der Waals surface area contributed by atoms with Gasteiger partial charge in [-0.1, -0.05) is 74.5 Å². The molecule has 0 bridgehead atoms. The molecular formula is C23H30N2. The Morgan fingerprint density at radius 2 is 1.68 bits per heavy atom. The van der Waals surface area contributed by atoms with E-state index in [2.05, 4.69) is 92.5 Å². The first-order valence-corrected chi connectivity index (χ1v) is 9.51. The predicted molar refractivity (Wildman–Crippen MR) is 107 cm³/mol. The molecule has 0 aromatic heterocycles. The molecule has 2 aromatic rings. The van der Waals surface area contributed by atoms with Crippen LogP contribution >= 0.6 is 0 Å². The number of aliphatic imine (C=N–C) groups is 1. The largest absolute Gasteiger partial charge is 0.294 e. The van der Waals surface area contributed by atoms with E-state index in [-0.39, 0.29) is 0 Å². The second-order valence-electron chi connectivity index (χ2n) is 7.57. The number of likely N-dealkylation sites (tertiary alicyclic amines) is 1. The zero-order valence-electron chi connectivity index (χ0n) is 15.7. The summed E-state index contributed by atoms with van der Waals surface area (Å²) < 4.78 is 0. The maximum absolute atomic E-state index is 5.06. The third-order valence-corrected chi connectivity index (χ3v) is 5.54. The van der Waals surface area contributed by atoms with Crippen molar-refractivity contribution in [1.29, 1.82) is 0 Å². The lowest BCUT2D eigenvalue weighted by molar-refractivity contribution is 0.0749. The molecule has 132 valence electrons. The van der Waals surface area contributed by atoms with Crippen molar-refractivity contribution in [2.75, 3.05) is 6.54 Å². The smallest absolute Gasteiger partial charge is 0.0683 e. The summed E-state index contributed by atoms with van der Waals surface area (Å²) in [6.45, 7) is 9.22. The number of hydrogen-bond acceptors (Lipinski definition) is 2. The highest BCUT2D eigenvalue weighted by Crippen LogP contribution is 2.32. The highest BCUT2D eigenvalue weighted by Gasteiger charge is 2.36. The van der Waals surface area contributed by atoms with E-state index in [0.717, 1.165) is 13.1 Å². The van der Waals surface area contributed by atoms with Crippen LogP contribution in [-0.2, 0) is 6.54 Å². The number of rotatable bonds is 5. The molecular weight excluding hydrogens is 304 g/mol. The van der Waals surface area contributed by atoms with Gasteiger partial charge in [0.05, 0.1) is 6.04 Å². The zero-order valence-corrected chi connectivity index (χ0v) is 15.7. The molecule has 0 N–H and O–H groups in total. The topological polar surface area (TPSA) is 15.6 Å². The zero-order chi connectivity index (χ0) is 17.6. The molecule has 2 nitrogen and oxygen atoms in total. The van der Waals surface area contributed by atoms with Crippen LogP contribution in [0.2, 0.25) is 0 Å². The van der Waals surface area contributed by atoms with Crippen molar-refractivity contribution in [3.8, 4) is 0 Å². The van der Waals surface area contributed by atoms with Gasteiger partial charge >= 0.3 is 0 Å². The fraction of sp³-hybridized carbons (Fsp3) is 0.435. The SMILES string of the molecule is CC(C)[C@H]1CCN(Cc2ccccc2)[C@@H](C)[C@H]1N=Cc1ccccc1.